The predicted octanol–water partition coefficient (Wildman–Crippen LogP) is 2.30. The topological polar surface area (TPSA) is 47.3 Å². The standard InChI is InChI=1S/C15H30N2O/c1-12(2)13-5-7-15(11-16,8-6-13)17-10-14-4-3-9-18-14/h12-14,17H,3-11,16H2,1-2H3. The first-order chi connectivity index (χ1) is 8.65. The van der Waals surface area contributed by atoms with E-state index in [0.717, 1.165) is 31.5 Å². The second-order valence-electron chi connectivity index (χ2n) is 6.58. The van der Waals surface area contributed by atoms with E-state index in [9.17, 15) is 0 Å². The third-order valence-electron chi connectivity index (χ3n) is 5.05. The van der Waals surface area contributed by atoms with E-state index in [2.05, 4.69) is 19.2 Å². The van der Waals surface area contributed by atoms with E-state index in [0.29, 0.717) is 6.10 Å². The van der Waals surface area contributed by atoms with Crippen LogP contribution in [0.2, 0.25) is 0 Å². The number of hydrogen-bond donors (Lipinski definition) is 2. The summed E-state index contributed by atoms with van der Waals surface area (Å²) in [6.07, 6.45) is 7.98. The molecule has 0 aromatic rings. The molecule has 0 bridgehead atoms. The highest BCUT2D eigenvalue weighted by molar-refractivity contribution is 4.95. The molecule has 2 rings (SSSR count). The molecule has 0 radical (unpaired) electrons. The van der Waals surface area contributed by atoms with Gasteiger partial charge in [-0.25, -0.2) is 0 Å². The van der Waals surface area contributed by atoms with Crippen molar-refractivity contribution in [3.63, 3.8) is 0 Å². The van der Waals surface area contributed by atoms with Crippen molar-refractivity contribution in [3.05, 3.63) is 0 Å². The number of hydrogen-bond acceptors (Lipinski definition) is 3. The Morgan fingerprint density at radius 3 is 2.50 bits per heavy atom. The van der Waals surface area contributed by atoms with E-state index in [-0.39, 0.29) is 5.54 Å². The molecule has 3 heteroatoms. The van der Waals surface area contributed by atoms with Crippen molar-refractivity contribution in [1.29, 1.82) is 0 Å². The van der Waals surface area contributed by atoms with Crippen LogP contribution in [0.25, 0.3) is 0 Å². The molecule has 0 aromatic heterocycles. The molecule has 1 saturated heterocycles. The maximum Gasteiger partial charge on any atom is 0.0700 e. The van der Waals surface area contributed by atoms with Crippen molar-refractivity contribution in [3.8, 4) is 0 Å². The summed E-state index contributed by atoms with van der Waals surface area (Å²) in [5, 5.41) is 3.74. The smallest absolute Gasteiger partial charge is 0.0700 e. The van der Waals surface area contributed by atoms with E-state index in [4.69, 9.17) is 10.5 Å². The van der Waals surface area contributed by atoms with Crippen LogP contribution in [-0.2, 0) is 4.74 Å². The Hall–Kier alpha value is -0.120. The van der Waals surface area contributed by atoms with Crippen LogP contribution in [0.15, 0.2) is 0 Å². The van der Waals surface area contributed by atoms with Gasteiger partial charge in [-0.2, -0.15) is 0 Å². The average Bonchev–Trinajstić information content (AvgIpc) is 2.90. The lowest BCUT2D eigenvalue weighted by Crippen LogP contribution is -2.55. The van der Waals surface area contributed by atoms with Gasteiger partial charge in [-0.05, 0) is 50.4 Å². The molecule has 2 aliphatic rings. The molecule has 1 unspecified atom stereocenters. The Labute approximate surface area is 112 Å². The van der Waals surface area contributed by atoms with E-state index in [1.165, 1.54) is 38.5 Å². The minimum atomic E-state index is 0.192. The first-order valence-corrected chi connectivity index (χ1v) is 7.72. The summed E-state index contributed by atoms with van der Waals surface area (Å²) in [5.74, 6) is 1.72. The summed E-state index contributed by atoms with van der Waals surface area (Å²) in [6.45, 7) is 7.39. The molecule has 1 heterocycles. The van der Waals surface area contributed by atoms with E-state index in [1.807, 2.05) is 0 Å². The molecule has 0 spiro atoms. The van der Waals surface area contributed by atoms with Crippen molar-refractivity contribution in [1.82, 2.24) is 5.32 Å². The van der Waals surface area contributed by atoms with Crippen LogP contribution in [0, 0.1) is 11.8 Å². The van der Waals surface area contributed by atoms with Gasteiger partial charge in [0.15, 0.2) is 0 Å². The largest absolute Gasteiger partial charge is 0.377 e. The molecular weight excluding hydrogens is 224 g/mol. The maximum atomic E-state index is 6.04. The third kappa shape index (κ3) is 3.46. The van der Waals surface area contributed by atoms with Crippen LogP contribution in [0.5, 0.6) is 0 Å². The van der Waals surface area contributed by atoms with Gasteiger partial charge in [-0.1, -0.05) is 13.8 Å². The van der Waals surface area contributed by atoms with Gasteiger partial charge in [0.05, 0.1) is 6.10 Å². The van der Waals surface area contributed by atoms with Gasteiger partial charge in [0.2, 0.25) is 0 Å². The number of nitrogens with two attached hydrogens (primary N) is 1. The van der Waals surface area contributed by atoms with E-state index < -0.39 is 0 Å². The van der Waals surface area contributed by atoms with Crippen LogP contribution in [0.3, 0.4) is 0 Å². The molecular formula is C15H30N2O. The minimum absolute atomic E-state index is 0.192. The Kier molecular flexibility index (Phi) is 5.05. The molecule has 1 aliphatic heterocycles. The number of ether oxygens (including phenoxy) is 1. The molecule has 1 atom stereocenters. The summed E-state index contributed by atoms with van der Waals surface area (Å²) < 4.78 is 5.69. The normalized spacial score (nSPS) is 37.3. The quantitative estimate of drug-likeness (QED) is 0.791. The van der Waals surface area contributed by atoms with Crippen LogP contribution >= 0.6 is 0 Å². The second kappa shape index (κ2) is 6.36. The molecule has 3 nitrogen and oxygen atoms in total. The van der Waals surface area contributed by atoms with Gasteiger partial charge in [-0.3, -0.25) is 0 Å². The SMILES string of the molecule is CC(C)C1CCC(CN)(NCC2CCCO2)CC1. The molecule has 0 aromatic carbocycles. The van der Waals surface area contributed by atoms with E-state index in [1.54, 1.807) is 0 Å². The molecule has 1 saturated carbocycles. The van der Waals surface area contributed by atoms with Crippen LogP contribution in [0.1, 0.15) is 52.4 Å². The fraction of sp³-hybridized carbons (Fsp3) is 1.00. The van der Waals surface area contributed by atoms with Crippen molar-refractivity contribution in [2.45, 2.75) is 64.0 Å². The van der Waals surface area contributed by atoms with Crippen molar-refractivity contribution in [2.75, 3.05) is 19.7 Å². The lowest BCUT2D eigenvalue weighted by atomic mass is 9.72. The zero-order valence-electron chi connectivity index (χ0n) is 12.1. The fourth-order valence-corrected chi connectivity index (χ4v) is 3.45. The predicted molar refractivity (Wildman–Crippen MR) is 75.6 cm³/mol. The van der Waals surface area contributed by atoms with Crippen molar-refractivity contribution >= 4 is 0 Å². The first kappa shape index (κ1) is 14.3. The first-order valence-electron chi connectivity index (χ1n) is 7.72. The zero-order valence-corrected chi connectivity index (χ0v) is 12.1. The van der Waals surface area contributed by atoms with Crippen LogP contribution in [-0.4, -0.2) is 31.3 Å². The summed E-state index contributed by atoms with van der Waals surface area (Å²) in [4.78, 5) is 0. The summed E-state index contributed by atoms with van der Waals surface area (Å²) in [7, 11) is 0. The molecule has 3 N–H and O–H groups in total. The number of nitrogens with one attached hydrogen (secondary N) is 1. The molecule has 106 valence electrons. The Morgan fingerprint density at radius 1 is 1.28 bits per heavy atom. The highest BCUT2D eigenvalue weighted by atomic mass is 16.5. The molecule has 2 fully saturated rings. The molecule has 0 amide bonds. The summed E-state index contributed by atoms with van der Waals surface area (Å²) in [6, 6.07) is 0. The van der Waals surface area contributed by atoms with Crippen molar-refractivity contribution in [2.24, 2.45) is 17.6 Å². The Balaban J connectivity index is 1.80. The van der Waals surface area contributed by atoms with Gasteiger partial charge in [0.1, 0.15) is 0 Å². The Bertz CT molecular complexity index is 241. The Morgan fingerprint density at radius 2 is 2.00 bits per heavy atom. The second-order valence-corrected chi connectivity index (χ2v) is 6.58. The lowest BCUT2D eigenvalue weighted by Gasteiger charge is -2.42. The van der Waals surface area contributed by atoms with Gasteiger partial charge in [0, 0.05) is 25.2 Å². The minimum Gasteiger partial charge on any atom is -0.377 e. The van der Waals surface area contributed by atoms with Crippen LogP contribution in [0.4, 0.5) is 0 Å². The van der Waals surface area contributed by atoms with E-state index >= 15 is 0 Å². The van der Waals surface area contributed by atoms with Crippen molar-refractivity contribution < 1.29 is 4.74 Å². The monoisotopic (exact) mass is 254 g/mol. The summed E-state index contributed by atoms with van der Waals surface area (Å²) >= 11 is 0. The zero-order chi connectivity index (χ0) is 13.0. The maximum absolute atomic E-state index is 6.04. The van der Waals surface area contributed by atoms with Gasteiger partial charge >= 0.3 is 0 Å². The highest BCUT2D eigenvalue weighted by Crippen LogP contribution is 2.35. The average molecular weight is 254 g/mol. The van der Waals surface area contributed by atoms with Gasteiger partial charge < -0.3 is 15.8 Å². The van der Waals surface area contributed by atoms with Gasteiger partial charge in [-0.15, -0.1) is 0 Å². The fourth-order valence-electron chi connectivity index (χ4n) is 3.45. The van der Waals surface area contributed by atoms with Crippen LogP contribution < -0.4 is 11.1 Å². The lowest BCUT2D eigenvalue weighted by molar-refractivity contribution is 0.0892. The highest BCUT2D eigenvalue weighted by Gasteiger charge is 2.35. The molecule has 18 heavy (non-hydrogen) atoms. The third-order valence-corrected chi connectivity index (χ3v) is 5.05. The molecule has 1 aliphatic carbocycles. The summed E-state index contributed by atoms with van der Waals surface area (Å²) in [5.41, 5.74) is 6.23. The number of rotatable bonds is 5. The van der Waals surface area contributed by atoms with Gasteiger partial charge in [0.25, 0.3) is 0 Å².